The van der Waals surface area contributed by atoms with Gasteiger partial charge in [-0.1, -0.05) is 6.07 Å². The highest BCUT2D eigenvalue weighted by Crippen LogP contribution is 2.26. The van der Waals surface area contributed by atoms with Gasteiger partial charge in [-0.25, -0.2) is 0 Å². The molecule has 0 fully saturated rings. The Bertz CT molecular complexity index is 1000. The van der Waals surface area contributed by atoms with E-state index in [4.69, 9.17) is 9.15 Å². The predicted molar refractivity (Wildman–Crippen MR) is 93.1 cm³/mol. The van der Waals surface area contributed by atoms with E-state index in [9.17, 15) is 9.90 Å². The normalized spacial score (nSPS) is 11.7. The second-order valence-electron chi connectivity index (χ2n) is 5.87. The van der Waals surface area contributed by atoms with Gasteiger partial charge < -0.3 is 19.1 Å². The smallest absolute Gasteiger partial charge is 0.139 e. The van der Waals surface area contributed by atoms with Gasteiger partial charge in [0.2, 0.25) is 0 Å². The number of carbonyl (C=O) groups excluding carboxylic acids is 1. The topological polar surface area (TPSA) is 74.9 Å². The van der Waals surface area contributed by atoms with Crippen LogP contribution in [-0.4, -0.2) is 19.6 Å². The SMILES string of the molecule is COc1ccc(-c2cc(=NCC(=O)[O-])c3cc(C)cc(C)c3o2)cc1. The molecule has 0 amide bonds. The molecule has 0 atom stereocenters. The molecule has 0 N–H and O–H groups in total. The fourth-order valence-electron chi connectivity index (χ4n) is 2.80. The van der Waals surface area contributed by atoms with Crippen molar-refractivity contribution in [3.05, 3.63) is 58.9 Å². The first-order valence-electron chi connectivity index (χ1n) is 7.88. The monoisotopic (exact) mass is 336 g/mol. The average molecular weight is 336 g/mol. The van der Waals surface area contributed by atoms with Crippen LogP contribution in [0, 0.1) is 13.8 Å². The third-order valence-corrected chi connectivity index (χ3v) is 3.93. The molecule has 0 saturated carbocycles. The van der Waals surface area contributed by atoms with Gasteiger partial charge in [0.15, 0.2) is 0 Å². The van der Waals surface area contributed by atoms with Crippen molar-refractivity contribution < 1.29 is 19.1 Å². The van der Waals surface area contributed by atoms with E-state index in [0.29, 0.717) is 16.7 Å². The number of carboxylic acid groups (broad SMARTS) is 1. The predicted octanol–water partition coefficient (Wildman–Crippen LogP) is 2.38. The van der Waals surface area contributed by atoms with Gasteiger partial charge in [-0.15, -0.1) is 0 Å². The third-order valence-electron chi connectivity index (χ3n) is 3.93. The molecular weight excluding hydrogens is 318 g/mol. The molecule has 0 aliphatic rings. The van der Waals surface area contributed by atoms with Crippen LogP contribution in [0.25, 0.3) is 22.3 Å². The highest BCUT2D eigenvalue weighted by atomic mass is 16.5. The first-order chi connectivity index (χ1) is 12.0. The number of nitrogens with zero attached hydrogens (tertiary/aromatic N) is 1. The van der Waals surface area contributed by atoms with E-state index >= 15 is 0 Å². The Hall–Kier alpha value is -3.08. The Kier molecular flexibility index (Phi) is 4.57. The summed E-state index contributed by atoms with van der Waals surface area (Å²) in [6.45, 7) is 3.54. The minimum Gasteiger partial charge on any atom is -0.548 e. The van der Waals surface area contributed by atoms with Crippen LogP contribution in [0.3, 0.4) is 0 Å². The van der Waals surface area contributed by atoms with Crippen LogP contribution in [-0.2, 0) is 4.79 Å². The molecule has 1 heterocycles. The van der Waals surface area contributed by atoms with Crippen molar-refractivity contribution in [3.63, 3.8) is 0 Å². The van der Waals surface area contributed by atoms with Gasteiger partial charge in [0.25, 0.3) is 0 Å². The van der Waals surface area contributed by atoms with Crippen LogP contribution in [0.5, 0.6) is 5.75 Å². The number of methoxy groups -OCH3 is 1. The van der Waals surface area contributed by atoms with Gasteiger partial charge >= 0.3 is 0 Å². The van der Waals surface area contributed by atoms with Gasteiger partial charge in [0.1, 0.15) is 17.1 Å². The molecule has 3 aromatic rings. The fourth-order valence-corrected chi connectivity index (χ4v) is 2.80. The van der Waals surface area contributed by atoms with Crippen molar-refractivity contribution in [1.29, 1.82) is 0 Å². The van der Waals surface area contributed by atoms with Gasteiger partial charge in [-0.05, 0) is 55.3 Å². The zero-order valence-corrected chi connectivity index (χ0v) is 14.3. The number of benzene rings is 2. The molecular formula is C20H18NO4-. The molecule has 3 rings (SSSR count). The lowest BCUT2D eigenvalue weighted by molar-refractivity contribution is -0.303. The summed E-state index contributed by atoms with van der Waals surface area (Å²) in [5.41, 5.74) is 3.57. The second kappa shape index (κ2) is 6.81. The summed E-state index contributed by atoms with van der Waals surface area (Å²) in [5.74, 6) is 0.140. The number of ether oxygens (including phenoxy) is 1. The van der Waals surface area contributed by atoms with E-state index in [1.165, 1.54) is 0 Å². The first-order valence-corrected chi connectivity index (χ1v) is 7.88. The van der Waals surface area contributed by atoms with Crippen LogP contribution in [0.1, 0.15) is 11.1 Å². The molecule has 128 valence electrons. The lowest BCUT2D eigenvalue weighted by atomic mass is 10.1. The number of aliphatic carboxylic acids is 1. The minimum absolute atomic E-state index is 0.395. The summed E-state index contributed by atoms with van der Waals surface area (Å²) >= 11 is 0. The fraction of sp³-hybridized carbons (Fsp3) is 0.200. The van der Waals surface area contributed by atoms with E-state index in [0.717, 1.165) is 27.8 Å². The van der Waals surface area contributed by atoms with Gasteiger partial charge in [-0.3, -0.25) is 4.99 Å². The first kappa shape index (κ1) is 16.8. The van der Waals surface area contributed by atoms with E-state index in [1.807, 2.05) is 50.2 Å². The highest BCUT2D eigenvalue weighted by Gasteiger charge is 2.09. The summed E-state index contributed by atoms with van der Waals surface area (Å²) in [5, 5.41) is 12.2. The zero-order chi connectivity index (χ0) is 18.0. The molecule has 0 unspecified atom stereocenters. The summed E-state index contributed by atoms with van der Waals surface area (Å²) in [4.78, 5) is 15.0. The number of rotatable bonds is 4. The van der Waals surface area contributed by atoms with E-state index in [-0.39, 0.29) is 0 Å². The number of carbonyl (C=O) groups is 1. The molecule has 0 spiro atoms. The standard InChI is InChI=1S/C20H19NO4/c1-12-8-13(2)20-16(9-12)17(21-11-19(22)23)10-18(25-20)14-4-6-15(24-3)7-5-14/h4-10H,11H2,1-3H3,(H,22,23)/p-1. The molecule has 0 aliphatic carbocycles. The quantitative estimate of drug-likeness (QED) is 0.733. The second-order valence-corrected chi connectivity index (χ2v) is 5.87. The van der Waals surface area contributed by atoms with Crippen molar-refractivity contribution in [3.8, 4) is 17.1 Å². The summed E-state index contributed by atoms with van der Waals surface area (Å²) < 4.78 is 11.3. The lowest BCUT2D eigenvalue weighted by Gasteiger charge is -2.09. The maximum atomic E-state index is 10.8. The van der Waals surface area contributed by atoms with Crippen LogP contribution in [0.4, 0.5) is 0 Å². The molecule has 0 radical (unpaired) electrons. The zero-order valence-electron chi connectivity index (χ0n) is 14.3. The van der Waals surface area contributed by atoms with Crippen LogP contribution < -0.4 is 15.2 Å². The molecule has 0 aliphatic heterocycles. The van der Waals surface area contributed by atoms with Crippen molar-refractivity contribution >= 4 is 16.9 Å². The van der Waals surface area contributed by atoms with Gasteiger partial charge in [0, 0.05) is 17.0 Å². The van der Waals surface area contributed by atoms with Crippen molar-refractivity contribution in [1.82, 2.24) is 0 Å². The molecule has 0 bridgehead atoms. The summed E-state index contributed by atoms with van der Waals surface area (Å²) in [6, 6.07) is 13.2. The molecule has 5 heteroatoms. The largest absolute Gasteiger partial charge is 0.548 e. The van der Waals surface area contributed by atoms with Crippen LogP contribution >= 0.6 is 0 Å². The van der Waals surface area contributed by atoms with Gasteiger partial charge in [-0.2, -0.15) is 0 Å². The lowest BCUT2D eigenvalue weighted by Crippen LogP contribution is -2.26. The number of carboxylic acids is 1. The Labute approximate surface area is 145 Å². The highest BCUT2D eigenvalue weighted by molar-refractivity contribution is 5.82. The van der Waals surface area contributed by atoms with E-state index < -0.39 is 12.5 Å². The Morgan fingerprint density at radius 1 is 1.16 bits per heavy atom. The maximum absolute atomic E-state index is 10.8. The van der Waals surface area contributed by atoms with Gasteiger partial charge in [0.05, 0.1) is 25.0 Å². The number of hydrogen-bond donors (Lipinski definition) is 0. The maximum Gasteiger partial charge on any atom is 0.139 e. The molecule has 2 aromatic carbocycles. The molecule has 1 aromatic heterocycles. The minimum atomic E-state index is -1.22. The Morgan fingerprint density at radius 3 is 2.52 bits per heavy atom. The Morgan fingerprint density at radius 2 is 1.88 bits per heavy atom. The molecule has 0 saturated heterocycles. The average Bonchev–Trinajstić information content (AvgIpc) is 2.59. The summed E-state index contributed by atoms with van der Waals surface area (Å²) in [6.07, 6.45) is 0. The number of hydrogen-bond acceptors (Lipinski definition) is 5. The van der Waals surface area contributed by atoms with Crippen molar-refractivity contribution in [2.45, 2.75) is 13.8 Å². The van der Waals surface area contributed by atoms with Crippen molar-refractivity contribution in [2.24, 2.45) is 4.99 Å². The van der Waals surface area contributed by atoms with E-state index in [1.54, 1.807) is 13.2 Å². The van der Waals surface area contributed by atoms with Crippen LogP contribution in [0.15, 0.2) is 51.9 Å². The summed E-state index contributed by atoms with van der Waals surface area (Å²) in [7, 11) is 1.61. The molecule has 5 nitrogen and oxygen atoms in total. The van der Waals surface area contributed by atoms with E-state index in [2.05, 4.69) is 4.99 Å². The third kappa shape index (κ3) is 3.55. The van der Waals surface area contributed by atoms with Crippen molar-refractivity contribution in [2.75, 3.05) is 13.7 Å². The number of fused-ring (bicyclic) bond motifs is 1. The van der Waals surface area contributed by atoms with Crippen LogP contribution in [0.2, 0.25) is 0 Å². The number of aryl methyl sites for hydroxylation is 2. The Balaban J connectivity index is 2.26. The molecule has 25 heavy (non-hydrogen) atoms.